The number of hydrogen-bond donors (Lipinski definition) is 1. The second-order valence-corrected chi connectivity index (χ2v) is 7.88. The van der Waals surface area contributed by atoms with Gasteiger partial charge in [-0.25, -0.2) is 13.2 Å². The molecular formula is C18H15ClN2O5S. The van der Waals surface area contributed by atoms with Crippen LogP contribution in [0.2, 0.25) is 5.02 Å². The zero-order valence-electron chi connectivity index (χ0n) is 14.2. The van der Waals surface area contributed by atoms with E-state index in [0.717, 1.165) is 0 Å². The Morgan fingerprint density at radius 3 is 2.67 bits per heavy atom. The molecular weight excluding hydrogens is 392 g/mol. The lowest BCUT2D eigenvalue weighted by Gasteiger charge is -2.09. The molecule has 140 valence electrons. The van der Waals surface area contributed by atoms with Gasteiger partial charge in [0.1, 0.15) is 11.9 Å². The number of ketones is 1. The first-order valence-electron chi connectivity index (χ1n) is 7.93. The third-order valence-corrected chi connectivity index (χ3v) is 5.45. The minimum Gasteiger partial charge on any atom is -0.456 e. The van der Waals surface area contributed by atoms with Crippen LogP contribution in [-0.2, 0) is 19.6 Å². The van der Waals surface area contributed by atoms with Crippen LogP contribution in [0.1, 0.15) is 22.8 Å². The van der Waals surface area contributed by atoms with Crippen molar-refractivity contribution in [3.05, 3.63) is 64.7 Å². The van der Waals surface area contributed by atoms with Crippen LogP contribution in [0.4, 0.5) is 0 Å². The fourth-order valence-corrected chi connectivity index (χ4v) is 3.91. The average Bonchev–Trinajstić information content (AvgIpc) is 2.90. The van der Waals surface area contributed by atoms with Gasteiger partial charge in [-0.1, -0.05) is 35.9 Å². The summed E-state index contributed by atoms with van der Waals surface area (Å²) in [4.78, 5) is 28.4. The molecule has 0 aliphatic carbocycles. The number of rotatable bonds is 5. The molecule has 0 fully saturated rings. The molecule has 7 nitrogen and oxygen atoms in total. The summed E-state index contributed by atoms with van der Waals surface area (Å²) in [5.41, 5.74) is 0.707. The molecule has 9 heteroatoms. The van der Waals surface area contributed by atoms with Crippen molar-refractivity contribution in [1.29, 1.82) is 0 Å². The molecule has 0 amide bonds. The van der Waals surface area contributed by atoms with Crippen molar-refractivity contribution < 1.29 is 22.7 Å². The van der Waals surface area contributed by atoms with Crippen LogP contribution in [0.25, 0.3) is 0 Å². The van der Waals surface area contributed by atoms with Crippen molar-refractivity contribution in [2.45, 2.75) is 17.9 Å². The monoisotopic (exact) mass is 406 g/mol. The van der Waals surface area contributed by atoms with Crippen LogP contribution < -0.4 is 4.72 Å². The maximum absolute atomic E-state index is 12.1. The molecule has 27 heavy (non-hydrogen) atoms. The summed E-state index contributed by atoms with van der Waals surface area (Å²) in [6.07, 6.45) is 0. The lowest BCUT2D eigenvalue weighted by Crippen LogP contribution is -2.27. The standard InChI is InChI=1S/C18H15ClN2O5S/c1-11(18(23)26-10-15(22)12-5-4-6-13(19)9-12)20-17-14-7-2-3-8-16(14)27(24,25)21-17/h2-9,11H,10H2,1H3,(H,20,21)/t11-/m0/s1. The number of amidine groups is 1. The van der Waals surface area contributed by atoms with Gasteiger partial charge in [-0.2, -0.15) is 0 Å². The molecule has 0 unspecified atom stereocenters. The number of ether oxygens (including phenoxy) is 1. The van der Waals surface area contributed by atoms with Crippen LogP contribution in [0, 0.1) is 0 Å². The minimum atomic E-state index is -3.69. The van der Waals surface area contributed by atoms with E-state index in [0.29, 0.717) is 16.1 Å². The Morgan fingerprint density at radius 2 is 1.93 bits per heavy atom. The molecule has 3 rings (SSSR count). The highest BCUT2D eigenvalue weighted by Gasteiger charge is 2.31. The fourth-order valence-electron chi connectivity index (χ4n) is 2.48. The molecule has 0 radical (unpaired) electrons. The SMILES string of the molecule is C[C@H](N=C1NS(=O)(=O)c2ccccc21)C(=O)OCC(=O)c1cccc(Cl)c1. The number of aliphatic imine (C=N–C) groups is 1. The molecule has 0 saturated heterocycles. The zero-order valence-corrected chi connectivity index (χ0v) is 15.8. The van der Waals surface area contributed by atoms with E-state index in [1.165, 1.54) is 19.1 Å². The number of carbonyl (C=O) groups excluding carboxylic acids is 2. The van der Waals surface area contributed by atoms with Gasteiger partial charge in [0.15, 0.2) is 12.4 Å². The number of nitrogens with zero attached hydrogens (tertiary/aromatic N) is 1. The molecule has 0 aromatic heterocycles. The first-order chi connectivity index (χ1) is 12.8. The number of Topliss-reactive ketones (excluding diaryl/α,β-unsaturated/α-hetero) is 1. The van der Waals surface area contributed by atoms with E-state index >= 15 is 0 Å². The molecule has 0 spiro atoms. The third-order valence-electron chi connectivity index (χ3n) is 3.82. The lowest BCUT2D eigenvalue weighted by molar-refractivity contribution is -0.143. The van der Waals surface area contributed by atoms with Gasteiger partial charge in [0.2, 0.25) is 0 Å². The Hall–Kier alpha value is -2.71. The highest BCUT2D eigenvalue weighted by molar-refractivity contribution is 7.90. The predicted octanol–water partition coefficient (Wildman–Crippen LogP) is 2.19. The number of carbonyl (C=O) groups is 2. The number of hydrogen-bond acceptors (Lipinski definition) is 6. The van der Waals surface area contributed by atoms with Crippen LogP contribution in [0.3, 0.4) is 0 Å². The molecule has 2 aromatic carbocycles. The quantitative estimate of drug-likeness (QED) is 0.605. The molecule has 1 aliphatic rings. The normalized spacial score (nSPS) is 17.0. The van der Waals surface area contributed by atoms with Gasteiger partial charge < -0.3 is 4.74 Å². The van der Waals surface area contributed by atoms with E-state index in [9.17, 15) is 18.0 Å². The van der Waals surface area contributed by atoms with Gasteiger partial charge in [0.05, 0.1) is 4.90 Å². The van der Waals surface area contributed by atoms with E-state index in [2.05, 4.69) is 9.71 Å². The second kappa shape index (κ2) is 7.50. The Labute approximate surface area is 161 Å². The van der Waals surface area contributed by atoms with Crippen LogP contribution in [-0.4, -0.2) is 38.7 Å². The Morgan fingerprint density at radius 1 is 1.19 bits per heavy atom. The summed E-state index contributed by atoms with van der Waals surface area (Å²) >= 11 is 5.83. The van der Waals surface area contributed by atoms with Crippen molar-refractivity contribution in [3.63, 3.8) is 0 Å². The molecule has 1 heterocycles. The van der Waals surface area contributed by atoms with Crippen LogP contribution in [0.5, 0.6) is 0 Å². The van der Waals surface area contributed by atoms with Gasteiger partial charge in [-0.05, 0) is 31.2 Å². The van der Waals surface area contributed by atoms with E-state index in [-0.39, 0.29) is 10.7 Å². The molecule has 0 saturated carbocycles. The van der Waals surface area contributed by atoms with E-state index < -0.39 is 34.4 Å². The first-order valence-corrected chi connectivity index (χ1v) is 9.79. The van der Waals surface area contributed by atoms with Crippen molar-refractivity contribution in [2.24, 2.45) is 4.99 Å². The molecule has 1 atom stereocenters. The van der Waals surface area contributed by atoms with Gasteiger partial charge in [-0.3, -0.25) is 14.5 Å². The third kappa shape index (κ3) is 4.17. The Balaban J connectivity index is 1.68. The predicted molar refractivity (Wildman–Crippen MR) is 99.5 cm³/mol. The summed E-state index contributed by atoms with van der Waals surface area (Å²) in [6.45, 7) is 0.991. The number of fused-ring (bicyclic) bond motifs is 1. The zero-order chi connectivity index (χ0) is 19.6. The summed E-state index contributed by atoms with van der Waals surface area (Å²) in [5, 5.41) is 0.402. The minimum absolute atomic E-state index is 0.0659. The molecule has 2 aromatic rings. The highest BCUT2D eigenvalue weighted by atomic mass is 35.5. The fraction of sp³-hybridized carbons (Fsp3) is 0.167. The number of sulfonamides is 1. The Kier molecular flexibility index (Phi) is 5.29. The van der Waals surface area contributed by atoms with Crippen LogP contribution >= 0.6 is 11.6 Å². The second-order valence-electron chi connectivity index (χ2n) is 5.80. The maximum Gasteiger partial charge on any atom is 0.331 e. The van der Waals surface area contributed by atoms with E-state index in [1.54, 1.807) is 36.4 Å². The van der Waals surface area contributed by atoms with Gasteiger partial charge in [0, 0.05) is 16.1 Å². The summed E-state index contributed by atoms with van der Waals surface area (Å²) in [6, 6.07) is 11.6. The topological polar surface area (TPSA) is 102 Å². The summed E-state index contributed by atoms with van der Waals surface area (Å²) < 4.78 is 31.4. The molecule has 0 bridgehead atoms. The Bertz CT molecular complexity index is 1050. The number of nitrogens with one attached hydrogen (secondary N) is 1. The maximum atomic E-state index is 12.1. The van der Waals surface area contributed by atoms with Crippen molar-refractivity contribution in [2.75, 3.05) is 6.61 Å². The average molecular weight is 407 g/mol. The van der Waals surface area contributed by atoms with Gasteiger partial charge in [-0.15, -0.1) is 0 Å². The first kappa shape index (κ1) is 19.1. The van der Waals surface area contributed by atoms with Gasteiger partial charge in [0.25, 0.3) is 10.0 Å². The van der Waals surface area contributed by atoms with Gasteiger partial charge >= 0.3 is 5.97 Å². The van der Waals surface area contributed by atoms with Crippen molar-refractivity contribution >= 4 is 39.2 Å². The number of benzene rings is 2. The largest absolute Gasteiger partial charge is 0.456 e. The van der Waals surface area contributed by atoms with Crippen molar-refractivity contribution in [1.82, 2.24) is 4.72 Å². The number of halogens is 1. The molecule has 1 N–H and O–H groups in total. The summed E-state index contributed by atoms with van der Waals surface area (Å²) in [5.74, 6) is -1.09. The van der Waals surface area contributed by atoms with E-state index in [4.69, 9.17) is 16.3 Å². The summed E-state index contributed by atoms with van der Waals surface area (Å²) in [7, 11) is -3.69. The molecule has 1 aliphatic heterocycles. The lowest BCUT2D eigenvalue weighted by atomic mass is 10.1. The van der Waals surface area contributed by atoms with Crippen LogP contribution in [0.15, 0.2) is 58.4 Å². The van der Waals surface area contributed by atoms with E-state index in [1.807, 2.05) is 0 Å². The highest BCUT2D eigenvalue weighted by Crippen LogP contribution is 2.22. The smallest absolute Gasteiger partial charge is 0.331 e. The number of esters is 1. The van der Waals surface area contributed by atoms with Crippen molar-refractivity contribution in [3.8, 4) is 0 Å².